The summed E-state index contributed by atoms with van der Waals surface area (Å²) in [6.45, 7) is 1.01. The first-order valence-electron chi connectivity index (χ1n) is 5.05. The molecule has 1 heterocycles. The Labute approximate surface area is 96.7 Å². The molecule has 1 aromatic carbocycles. The van der Waals surface area contributed by atoms with Crippen LogP contribution in [-0.2, 0) is 5.41 Å². The van der Waals surface area contributed by atoms with Crippen molar-refractivity contribution >= 4 is 15.9 Å². The van der Waals surface area contributed by atoms with Gasteiger partial charge in [-0.25, -0.2) is 0 Å². The Morgan fingerprint density at radius 2 is 2.13 bits per heavy atom. The van der Waals surface area contributed by atoms with Gasteiger partial charge in [-0.2, -0.15) is 0 Å². The zero-order valence-corrected chi connectivity index (χ0v) is 9.84. The minimum atomic E-state index is 0.180. The number of benzene rings is 1. The Hall–Kier alpha value is -0.740. The van der Waals surface area contributed by atoms with E-state index in [0.717, 1.165) is 16.0 Å². The Morgan fingerprint density at radius 3 is 2.80 bits per heavy atom. The largest absolute Gasteiger partial charge is 0.454 e. The topological polar surface area (TPSA) is 44.5 Å². The summed E-state index contributed by atoms with van der Waals surface area (Å²) < 4.78 is 11.8. The van der Waals surface area contributed by atoms with E-state index in [1.54, 1.807) is 0 Å². The molecule has 2 N–H and O–H groups in total. The average molecular weight is 270 g/mol. The third-order valence-electron chi connectivity index (χ3n) is 3.29. The molecule has 80 valence electrons. The van der Waals surface area contributed by atoms with Gasteiger partial charge in [0.25, 0.3) is 0 Å². The highest BCUT2D eigenvalue weighted by molar-refractivity contribution is 9.10. The molecule has 4 heteroatoms. The normalized spacial score (nSPS) is 20.4. The van der Waals surface area contributed by atoms with Crippen molar-refractivity contribution in [3.8, 4) is 11.5 Å². The average Bonchev–Trinajstić information content (AvgIpc) is 2.89. The summed E-state index contributed by atoms with van der Waals surface area (Å²) in [6.07, 6.45) is 2.34. The molecule has 0 aromatic heterocycles. The van der Waals surface area contributed by atoms with Gasteiger partial charge in [-0.15, -0.1) is 0 Å². The molecule has 0 spiro atoms. The fourth-order valence-corrected chi connectivity index (χ4v) is 2.94. The highest BCUT2D eigenvalue weighted by Gasteiger charge is 2.45. The number of rotatable bonds is 2. The summed E-state index contributed by atoms with van der Waals surface area (Å²) in [5.41, 5.74) is 7.26. The van der Waals surface area contributed by atoms with Crippen molar-refractivity contribution in [1.29, 1.82) is 0 Å². The first-order valence-corrected chi connectivity index (χ1v) is 5.85. The van der Waals surface area contributed by atoms with Crippen LogP contribution in [0.15, 0.2) is 16.6 Å². The maximum atomic E-state index is 5.82. The van der Waals surface area contributed by atoms with Crippen LogP contribution in [0.2, 0.25) is 0 Å². The molecule has 1 saturated carbocycles. The molecule has 0 atom stereocenters. The summed E-state index contributed by atoms with van der Waals surface area (Å²) in [5.74, 6) is 1.64. The Morgan fingerprint density at radius 1 is 1.33 bits per heavy atom. The van der Waals surface area contributed by atoms with Gasteiger partial charge in [-0.3, -0.25) is 0 Å². The Bertz CT molecular complexity index is 415. The molecule has 0 unspecified atom stereocenters. The maximum Gasteiger partial charge on any atom is 0.231 e. The van der Waals surface area contributed by atoms with Crippen LogP contribution in [0.3, 0.4) is 0 Å². The standard InChI is InChI=1S/C11H12BrNO2/c12-9-7(11(5-13)3-4-11)1-2-8-10(9)15-6-14-8/h1-2H,3-6,13H2. The zero-order chi connectivity index (χ0) is 10.5. The van der Waals surface area contributed by atoms with Gasteiger partial charge in [0.05, 0.1) is 4.47 Å². The van der Waals surface area contributed by atoms with Crippen LogP contribution in [0.1, 0.15) is 18.4 Å². The van der Waals surface area contributed by atoms with E-state index in [-0.39, 0.29) is 5.41 Å². The third-order valence-corrected chi connectivity index (χ3v) is 4.08. The second kappa shape index (κ2) is 3.12. The number of halogens is 1. The lowest BCUT2D eigenvalue weighted by atomic mass is 9.96. The lowest BCUT2D eigenvalue weighted by Gasteiger charge is -2.15. The van der Waals surface area contributed by atoms with Gasteiger partial charge in [0.15, 0.2) is 11.5 Å². The van der Waals surface area contributed by atoms with Crippen LogP contribution in [0.25, 0.3) is 0 Å². The van der Waals surface area contributed by atoms with Crippen LogP contribution >= 0.6 is 15.9 Å². The summed E-state index contributed by atoms with van der Waals surface area (Å²) in [7, 11) is 0. The molecule has 0 amide bonds. The second-order valence-corrected chi connectivity index (χ2v) is 4.94. The van der Waals surface area contributed by atoms with E-state index in [0.29, 0.717) is 13.3 Å². The van der Waals surface area contributed by atoms with E-state index in [2.05, 4.69) is 22.0 Å². The van der Waals surface area contributed by atoms with Crippen LogP contribution in [0.4, 0.5) is 0 Å². The van der Waals surface area contributed by atoms with E-state index in [9.17, 15) is 0 Å². The van der Waals surface area contributed by atoms with Crippen molar-refractivity contribution in [1.82, 2.24) is 0 Å². The van der Waals surface area contributed by atoms with Gasteiger partial charge in [-0.1, -0.05) is 6.07 Å². The van der Waals surface area contributed by atoms with E-state index in [4.69, 9.17) is 15.2 Å². The van der Waals surface area contributed by atoms with Crippen molar-refractivity contribution in [2.45, 2.75) is 18.3 Å². The molecule has 1 aromatic rings. The van der Waals surface area contributed by atoms with Crippen molar-refractivity contribution in [3.05, 3.63) is 22.2 Å². The molecule has 3 nitrogen and oxygen atoms in total. The molecule has 0 radical (unpaired) electrons. The van der Waals surface area contributed by atoms with Crippen LogP contribution in [0.5, 0.6) is 11.5 Å². The molecule has 3 rings (SSSR count). The fourth-order valence-electron chi connectivity index (χ4n) is 2.08. The SMILES string of the molecule is NCC1(c2ccc3c(c2Br)OCO3)CC1. The van der Waals surface area contributed by atoms with Crippen LogP contribution in [-0.4, -0.2) is 13.3 Å². The van der Waals surface area contributed by atoms with Crippen molar-refractivity contribution in [2.75, 3.05) is 13.3 Å². The Balaban J connectivity index is 2.10. The predicted octanol–water partition coefficient (Wildman–Crippen LogP) is 2.17. The number of nitrogens with two attached hydrogens (primary N) is 1. The molecule has 1 aliphatic carbocycles. The van der Waals surface area contributed by atoms with Gasteiger partial charge < -0.3 is 15.2 Å². The van der Waals surface area contributed by atoms with Crippen molar-refractivity contribution < 1.29 is 9.47 Å². The van der Waals surface area contributed by atoms with Gasteiger partial charge in [0.2, 0.25) is 6.79 Å². The van der Waals surface area contributed by atoms with Gasteiger partial charge in [0.1, 0.15) is 0 Å². The lowest BCUT2D eigenvalue weighted by Crippen LogP contribution is -2.20. The maximum absolute atomic E-state index is 5.82. The molecule has 2 aliphatic rings. The predicted molar refractivity (Wildman–Crippen MR) is 60.2 cm³/mol. The summed E-state index contributed by atoms with van der Waals surface area (Å²) in [5, 5.41) is 0. The van der Waals surface area contributed by atoms with E-state index in [1.807, 2.05) is 6.07 Å². The third kappa shape index (κ3) is 1.28. The second-order valence-electron chi connectivity index (χ2n) is 4.15. The van der Waals surface area contributed by atoms with Crippen LogP contribution in [0, 0.1) is 0 Å². The number of fused-ring (bicyclic) bond motifs is 1. The quantitative estimate of drug-likeness (QED) is 0.895. The highest BCUT2D eigenvalue weighted by atomic mass is 79.9. The molecular formula is C11H12BrNO2. The molecular weight excluding hydrogens is 258 g/mol. The first-order chi connectivity index (χ1) is 7.27. The molecule has 1 fully saturated rings. The minimum absolute atomic E-state index is 0.180. The zero-order valence-electron chi connectivity index (χ0n) is 8.25. The number of ether oxygens (including phenoxy) is 2. The summed E-state index contributed by atoms with van der Waals surface area (Å²) in [6, 6.07) is 4.07. The van der Waals surface area contributed by atoms with Crippen molar-refractivity contribution in [3.63, 3.8) is 0 Å². The summed E-state index contributed by atoms with van der Waals surface area (Å²) >= 11 is 3.59. The minimum Gasteiger partial charge on any atom is -0.454 e. The molecule has 15 heavy (non-hydrogen) atoms. The molecule has 1 aliphatic heterocycles. The summed E-state index contributed by atoms with van der Waals surface area (Å²) in [4.78, 5) is 0. The first kappa shape index (κ1) is 9.48. The number of hydrogen-bond donors (Lipinski definition) is 1. The highest BCUT2D eigenvalue weighted by Crippen LogP contribution is 2.53. The van der Waals surface area contributed by atoms with Crippen molar-refractivity contribution in [2.24, 2.45) is 5.73 Å². The van der Waals surface area contributed by atoms with E-state index >= 15 is 0 Å². The van der Waals surface area contributed by atoms with E-state index < -0.39 is 0 Å². The monoisotopic (exact) mass is 269 g/mol. The lowest BCUT2D eigenvalue weighted by molar-refractivity contribution is 0.173. The van der Waals surface area contributed by atoms with Gasteiger partial charge in [0, 0.05) is 12.0 Å². The number of hydrogen-bond acceptors (Lipinski definition) is 3. The van der Waals surface area contributed by atoms with Gasteiger partial charge >= 0.3 is 0 Å². The molecule has 0 bridgehead atoms. The molecule has 0 saturated heterocycles. The Kier molecular flexibility index (Phi) is 1.97. The fraction of sp³-hybridized carbons (Fsp3) is 0.455. The van der Waals surface area contributed by atoms with E-state index in [1.165, 1.54) is 18.4 Å². The smallest absolute Gasteiger partial charge is 0.231 e. The van der Waals surface area contributed by atoms with Gasteiger partial charge in [-0.05, 0) is 40.4 Å². The van der Waals surface area contributed by atoms with Crippen LogP contribution < -0.4 is 15.2 Å².